The zero-order valence-electron chi connectivity index (χ0n) is 6.11. The molecule has 62 valence electrons. The molecule has 1 heterocycles. The van der Waals surface area contributed by atoms with E-state index in [1.165, 1.54) is 11.3 Å². The summed E-state index contributed by atoms with van der Waals surface area (Å²) in [6.45, 7) is 0. The lowest BCUT2D eigenvalue weighted by Gasteiger charge is -1.92. The summed E-state index contributed by atoms with van der Waals surface area (Å²) in [5.74, 6) is 0.227. The van der Waals surface area contributed by atoms with Gasteiger partial charge in [0.2, 0.25) is 0 Å². The molecule has 0 bridgehead atoms. The largest absolute Gasteiger partial charge is 0.505 e. The van der Waals surface area contributed by atoms with Crippen LogP contribution in [0.15, 0.2) is 22.4 Å². The fourth-order valence-electron chi connectivity index (χ4n) is 1.09. The zero-order valence-corrected chi connectivity index (χ0v) is 7.82. The van der Waals surface area contributed by atoms with Crippen LogP contribution in [0.3, 0.4) is 0 Å². The minimum Gasteiger partial charge on any atom is -0.505 e. The van der Waals surface area contributed by atoms with Gasteiger partial charge in [0.05, 0.1) is 4.21 Å². The third-order valence-corrected chi connectivity index (χ3v) is 3.12. The van der Waals surface area contributed by atoms with Crippen molar-refractivity contribution >= 4 is 39.7 Å². The van der Waals surface area contributed by atoms with Gasteiger partial charge in [-0.15, -0.1) is 24.0 Å². The van der Waals surface area contributed by atoms with Gasteiger partial charge >= 0.3 is 0 Å². The number of nitrogen functional groups attached to an aromatic ring is 1. The first-order chi connectivity index (χ1) is 5.68. The highest BCUT2D eigenvalue weighted by Crippen LogP contribution is 2.39. The quantitative estimate of drug-likeness (QED) is 0.449. The summed E-state index contributed by atoms with van der Waals surface area (Å²) in [5.41, 5.74) is 6.23. The zero-order chi connectivity index (χ0) is 8.72. The minimum absolute atomic E-state index is 0.227. The smallest absolute Gasteiger partial charge is 0.147 e. The van der Waals surface area contributed by atoms with Crippen molar-refractivity contribution in [1.82, 2.24) is 0 Å². The van der Waals surface area contributed by atoms with Gasteiger partial charge in [0.15, 0.2) is 0 Å². The molecule has 0 aliphatic rings. The third kappa shape index (κ3) is 1.04. The first-order valence-corrected chi connectivity index (χ1v) is 4.65. The van der Waals surface area contributed by atoms with Gasteiger partial charge in [-0.3, -0.25) is 0 Å². The van der Waals surface area contributed by atoms with Gasteiger partial charge in [-0.2, -0.15) is 0 Å². The van der Waals surface area contributed by atoms with E-state index in [0.29, 0.717) is 9.90 Å². The molecule has 3 N–H and O–H groups in total. The SMILES string of the molecule is Nc1ccc2sc(S)c(O)c2c1. The molecule has 2 nitrogen and oxygen atoms in total. The van der Waals surface area contributed by atoms with Crippen LogP contribution in [0.1, 0.15) is 0 Å². The number of fused-ring (bicyclic) bond motifs is 1. The summed E-state index contributed by atoms with van der Waals surface area (Å²) >= 11 is 5.56. The van der Waals surface area contributed by atoms with Crippen LogP contribution in [0.2, 0.25) is 0 Å². The second kappa shape index (κ2) is 2.57. The number of anilines is 1. The molecule has 0 aliphatic carbocycles. The average Bonchev–Trinajstić information content (AvgIpc) is 2.31. The maximum atomic E-state index is 9.50. The second-order valence-electron chi connectivity index (χ2n) is 2.51. The Balaban J connectivity index is 2.88. The molecule has 0 fully saturated rings. The lowest BCUT2D eigenvalue weighted by molar-refractivity contribution is 0.473. The molecule has 0 radical (unpaired) electrons. The van der Waals surface area contributed by atoms with Crippen molar-refractivity contribution in [2.24, 2.45) is 0 Å². The molecule has 1 aromatic heterocycles. The molecule has 4 heteroatoms. The van der Waals surface area contributed by atoms with Crippen molar-refractivity contribution in [3.8, 4) is 5.75 Å². The van der Waals surface area contributed by atoms with Crippen molar-refractivity contribution in [2.75, 3.05) is 5.73 Å². The predicted octanol–water partition coefficient (Wildman–Crippen LogP) is 2.48. The maximum absolute atomic E-state index is 9.50. The first kappa shape index (κ1) is 7.76. The predicted molar refractivity (Wildman–Crippen MR) is 55.2 cm³/mol. The molecule has 0 saturated heterocycles. The standard InChI is InChI=1S/C8H7NOS2/c9-4-1-2-6-5(3-4)7(10)8(11)12-6/h1-3,10-11H,9H2. The molecule has 0 spiro atoms. The van der Waals surface area contributed by atoms with Gasteiger partial charge in [0.25, 0.3) is 0 Å². The van der Waals surface area contributed by atoms with Crippen molar-refractivity contribution < 1.29 is 5.11 Å². The monoisotopic (exact) mass is 197 g/mol. The van der Waals surface area contributed by atoms with E-state index in [4.69, 9.17) is 5.73 Å². The molecular weight excluding hydrogens is 190 g/mol. The Hall–Kier alpha value is -0.870. The Morgan fingerprint density at radius 1 is 1.42 bits per heavy atom. The Labute approximate surface area is 79.0 Å². The highest BCUT2D eigenvalue weighted by atomic mass is 32.2. The van der Waals surface area contributed by atoms with Crippen molar-refractivity contribution in [3.63, 3.8) is 0 Å². The van der Waals surface area contributed by atoms with E-state index < -0.39 is 0 Å². The number of nitrogens with two attached hydrogens (primary N) is 1. The molecule has 0 amide bonds. The molecular formula is C8H7NOS2. The third-order valence-electron chi connectivity index (χ3n) is 1.67. The number of hydrogen-bond donors (Lipinski definition) is 3. The van der Waals surface area contributed by atoms with E-state index in [-0.39, 0.29) is 5.75 Å². The van der Waals surface area contributed by atoms with E-state index in [0.717, 1.165) is 10.1 Å². The molecule has 2 rings (SSSR count). The van der Waals surface area contributed by atoms with Gasteiger partial charge in [-0.05, 0) is 18.2 Å². The molecule has 2 aromatic rings. The number of benzene rings is 1. The summed E-state index contributed by atoms with van der Waals surface area (Å²) in [7, 11) is 0. The maximum Gasteiger partial charge on any atom is 0.147 e. The van der Waals surface area contributed by atoms with E-state index in [2.05, 4.69) is 12.6 Å². The number of thiol groups is 1. The molecule has 0 unspecified atom stereocenters. The Morgan fingerprint density at radius 3 is 2.92 bits per heavy atom. The molecule has 1 aromatic carbocycles. The summed E-state index contributed by atoms with van der Waals surface area (Å²) in [6, 6.07) is 5.45. The topological polar surface area (TPSA) is 46.2 Å². The summed E-state index contributed by atoms with van der Waals surface area (Å²) in [4.78, 5) is 0. The van der Waals surface area contributed by atoms with Crippen LogP contribution in [0.25, 0.3) is 10.1 Å². The van der Waals surface area contributed by atoms with Gasteiger partial charge in [0, 0.05) is 15.8 Å². The van der Waals surface area contributed by atoms with Crippen LogP contribution in [0, 0.1) is 0 Å². The van der Waals surface area contributed by atoms with E-state index in [1.54, 1.807) is 6.07 Å². The number of rotatable bonds is 0. The van der Waals surface area contributed by atoms with E-state index in [1.807, 2.05) is 12.1 Å². The fourth-order valence-corrected chi connectivity index (χ4v) is 2.32. The number of thiophene rings is 1. The van der Waals surface area contributed by atoms with Gasteiger partial charge in [-0.1, -0.05) is 0 Å². The summed E-state index contributed by atoms with van der Waals surface area (Å²) in [5, 5.41) is 10.3. The Bertz CT molecular complexity index is 436. The minimum atomic E-state index is 0.227. The second-order valence-corrected chi connectivity index (χ2v) is 4.31. The van der Waals surface area contributed by atoms with Crippen LogP contribution < -0.4 is 5.73 Å². The highest BCUT2D eigenvalue weighted by Gasteiger charge is 2.07. The molecule has 0 saturated carbocycles. The normalized spacial score (nSPS) is 10.8. The van der Waals surface area contributed by atoms with Gasteiger partial charge < -0.3 is 10.8 Å². The van der Waals surface area contributed by atoms with Crippen molar-refractivity contribution in [2.45, 2.75) is 4.21 Å². The summed E-state index contributed by atoms with van der Waals surface area (Å²) < 4.78 is 1.64. The van der Waals surface area contributed by atoms with Crippen molar-refractivity contribution in [3.05, 3.63) is 18.2 Å². The Kier molecular flexibility index (Phi) is 1.66. The van der Waals surface area contributed by atoms with Gasteiger partial charge in [0.1, 0.15) is 5.75 Å². The van der Waals surface area contributed by atoms with E-state index in [9.17, 15) is 5.11 Å². The highest BCUT2D eigenvalue weighted by molar-refractivity contribution is 7.83. The van der Waals surface area contributed by atoms with Crippen LogP contribution in [-0.2, 0) is 0 Å². The Morgan fingerprint density at radius 2 is 2.17 bits per heavy atom. The number of hydrogen-bond acceptors (Lipinski definition) is 4. The lowest BCUT2D eigenvalue weighted by Crippen LogP contribution is -1.81. The van der Waals surface area contributed by atoms with Crippen LogP contribution in [0.4, 0.5) is 5.69 Å². The molecule has 0 atom stereocenters. The van der Waals surface area contributed by atoms with Crippen LogP contribution in [-0.4, -0.2) is 5.11 Å². The first-order valence-electron chi connectivity index (χ1n) is 3.38. The summed E-state index contributed by atoms with van der Waals surface area (Å²) in [6.07, 6.45) is 0. The lowest BCUT2D eigenvalue weighted by atomic mass is 10.2. The number of aromatic hydroxyl groups is 1. The molecule has 0 aliphatic heterocycles. The average molecular weight is 197 g/mol. The van der Waals surface area contributed by atoms with Gasteiger partial charge in [-0.25, -0.2) is 0 Å². The molecule has 12 heavy (non-hydrogen) atoms. The van der Waals surface area contributed by atoms with Crippen LogP contribution in [0.5, 0.6) is 5.75 Å². The van der Waals surface area contributed by atoms with E-state index >= 15 is 0 Å². The van der Waals surface area contributed by atoms with Crippen LogP contribution >= 0.6 is 24.0 Å². The fraction of sp³-hybridized carbons (Fsp3) is 0. The van der Waals surface area contributed by atoms with Crippen molar-refractivity contribution in [1.29, 1.82) is 0 Å².